The second-order valence-electron chi connectivity index (χ2n) is 4.11. The van der Waals surface area contributed by atoms with Gasteiger partial charge < -0.3 is 5.73 Å². The molecule has 2 aromatic rings. The molecule has 1 aromatic heterocycles. The van der Waals surface area contributed by atoms with E-state index >= 15 is 0 Å². The first-order valence-electron chi connectivity index (χ1n) is 5.26. The summed E-state index contributed by atoms with van der Waals surface area (Å²) < 4.78 is 1.25. The molecule has 1 unspecified atom stereocenters. The van der Waals surface area contributed by atoms with Crippen LogP contribution in [0.4, 0.5) is 0 Å². The molecule has 0 aliphatic rings. The van der Waals surface area contributed by atoms with Crippen LogP contribution in [0, 0.1) is 0 Å². The summed E-state index contributed by atoms with van der Waals surface area (Å²) in [6.07, 6.45) is 1.03. The van der Waals surface area contributed by atoms with E-state index in [0.717, 1.165) is 16.9 Å². The van der Waals surface area contributed by atoms with E-state index in [4.69, 9.17) is 5.73 Å². The number of fused-ring (bicyclic) bond motifs is 1. The van der Waals surface area contributed by atoms with E-state index in [1.807, 2.05) is 6.07 Å². The van der Waals surface area contributed by atoms with Crippen molar-refractivity contribution >= 4 is 21.6 Å². The molecule has 0 spiro atoms. The Morgan fingerprint density at radius 3 is 2.73 bits per heavy atom. The van der Waals surface area contributed by atoms with Gasteiger partial charge in [-0.3, -0.25) is 0 Å². The van der Waals surface area contributed by atoms with Crippen LogP contribution in [0.3, 0.4) is 0 Å². The topological polar surface area (TPSA) is 38.9 Å². The summed E-state index contributed by atoms with van der Waals surface area (Å²) in [5, 5.41) is 1.16. The van der Waals surface area contributed by atoms with Crippen molar-refractivity contribution in [3.05, 3.63) is 29.3 Å². The SMILES string of the molecule is CCC(C)(CN)c1nc2ccccc2s1. The molecule has 80 valence electrons. The van der Waals surface area contributed by atoms with Crippen LogP contribution in [0.25, 0.3) is 10.2 Å². The van der Waals surface area contributed by atoms with Gasteiger partial charge in [-0.1, -0.05) is 26.0 Å². The summed E-state index contributed by atoms with van der Waals surface area (Å²) in [5.74, 6) is 0. The largest absolute Gasteiger partial charge is 0.330 e. The maximum atomic E-state index is 5.84. The summed E-state index contributed by atoms with van der Waals surface area (Å²) in [6.45, 7) is 5.01. The highest BCUT2D eigenvalue weighted by molar-refractivity contribution is 7.18. The Labute approximate surface area is 94.1 Å². The van der Waals surface area contributed by atoms with Crippen LogP contribution in [0.1, 0.15) is 25.3 Å². The van der Waals surface area contributed by atoms with Gasteiger partial charge in [-0.15, -0.1) is 11.3 Å². The molecule has 0 aliphatic heterocycles. The molecule has 0 saturated carbocycles. The molecule has 3 heteroatoms. The predicted molar refractivity (Wildman–Crippen MR) is 66.3 cm³/mol. The number of benzene rings is 1. The van der Waals surface area contributed by atoms with Gasteiger partial charge in [0.1, 0.15) is 5.01 Å². The molecule has 0 radical (unpaired) electrons. The molecule has 2 N–H and O–H groups in total. The fourth-order valence-corrected chi connectivity index (χ4v) is 2.70. The number of aromatic nitrogens is 1. The third-order valence-electron chi connectivity index (χ3n) is 3.04. The summed E-state index contributed by atoms with van der Waals surface area (Å²) >= 11 is 1.76. The first-order chi connectivity index (χ1) is 7.19. The molecule has 0 fully saturated rings. The fraction of sp³-hybridized carbons (Fsp3) is 0.417. The number of nitrogens with zero attached hydrogens (tertiary/aromatic N) is 1. The maximum absolute atomic E-state index is 5.84. The van der Waals surface area contributed by atoms with Crippen LogP contribution >= 0.6 is 11.3 Å². The average Bonchev–Trinajstić information content (AvgIpc) is 2.72. The van der Waals surface area contributed by atoms with Crippen molar-refractivity contribution in [1.29, 1.82) is 0 Å². The molecule has 2 nitrogen and oxygen atoms in total. The number of rotatable bonds is 3. The number of nitrogens with two attached hydrogens (primary N) is 1. The number of para-hydroxylation sites is 1. The van der Waals surface area contributed by atoms with Crippen LogP contribution < -0.4 is 5.73 Å². The standard InChI is InChI=1S/C12H16N2S/c1-3-12(2,8-13)11-14-9-6-4-5-7-10(9)15-11/h4-7H,3,8,13H2,1-2H3. The average molecular weight is 220 g/mol. The van der Waals surface area contributed by atoms with Crippen molar-refractivity contribution < 1.29 is 0 Å². The van der Waals surface area contributed by atoms with Gasteiger partial charge in [-0.25, -0.2) is 4.98 Å². The first kappa shape index (κ1) is 10.6. The smallest absolute Gasteiger partial charge is 0.101 e. The van der Waals surface area contributed by atoms with Crippen LogP contribution in [0.5, 0.6) is 0 Å². The van der Waals surface area contributed by atoms with Crippen molar-refractivity contribution in [2.45, 2.75) is 25.7 Å². The molecular weight excluding hydrogens is 204 g/mol. The minimum Gasteiger partial charge on any atom is -0.330 e. The Balaban J connectivity index is 2.52. The summed E-state index contributed by atoms with van der Waals surface area (Å²) in [5.41, 5.74) is 6.96. The Bertz CT molecular complexity index is 424. The summed E-state index contributed by atoms with van der Waals surface area (Å²) in [7, 11) is 0. The van der Waals surface area contributed by atoms with Gasteiger partial charge in [-0.2, -0.15) is 0 Å². The quantitative estimate of drug-likeness (QED) is 0.863. The lowest BCUT2D eigenvalue weighted by Crippen LogP contribution is -2.30. The molecule has 1 aromatic carbocycles. The second kappa shape index (κ2) is 3.91. The highest BCUT2D eigenvalue weighted by atomic mass is 32.1. The highest BCUT2D eigenvalue weighted by Gasteiger charge is 2.26. The Morgan fingerprint density at radius 1 is 1.40 bits per heavy atom. The third kappa shape index (κ3) is 1.77. The van der Waals surface area contributed by atoms with Gasteiger partial charge in [0.2, 0.25) is 0 Å². The van der Waals surface area contributed by atoms with E-state index in [0.29, 0.717) is 6.54 Å². The van der Waals surface area contributed by atoms with Crippen LogP contribution in [0.2, 0.25) is 0 Å². The number of hydrogen-bond donors (Lipinski definition) is 1. The Morgan fingerprint density at radius 2 is 2.13 bits per heavy atom. The zero-order chi connectivity index (χ0) is 10.9. The molecule has 0 aliphatic carbocycles. The second-order valence-corrected chi connectivity index (χ2v) is 5.14. The van der Waals surface area contributed by atoms with Gasteiger partial charge in [0.05, 0.1) is 10.2 Å². The van der Waals surface area contributed by atoms with Crippen molar-refractivity contribution in [2.75, 3.05) is 6.54 Å². The zero-order valence-electron chi connectivity index (χ0n) is 9.16. The summed E-state index contributed by atoms with van der Waals surface area (Å²) in [4.78, 5) is 4.66. The molecular formula is C12H16N2S. The normalized spacial score (nSPS) is 15.4. The van der Waals surface area contributed by atoms with E-state index in [1.54, 1.807) is 11.3 Å². The molecule has 1 atom stereocenters. The Hall–Kier alpha value is -0.930. The van der Waals surface area contributed by atoms with Gasteiger partial charge in [0.15, 0.2) is 0 Å². The van der Waals surface area contributed by atoms with E-state index in [9.17, 15) is 0 Å². The molecule has 0 amide bonds. The highest BCUT2D eigenvalue weighted by Crippen LogP contribution is 2.33. The van der Waals surface area contributed by atoms with Gasteiger partial charge in [-0.05, 0) is 18.6 Å². The lowest BCUT2D eigenvalue weighted by molar-refractivity contribution is 0.465. The maximum Gasteiger partial charge on any atom is 0.101 e. The minimum absolute atomic E-state index is 0.0314. The van der Waals surface area contributed by atoms with Gasteiger partial charge in [0, 0.05) is 12.0 Å². The monoisotopic (exact) mass is 220 g/mol. The number of thiazole rings is 1. The minimum atomic E-state index is 0.0314. The van der Waals surface area contributed by atoms with Gasteiger partial charge in [0.25, 0.3) is 0 Å². The van der Waals surface area contributed by atoms with Gasteiger partial charge >= 0.3 is 0 Å². The van der Waals surface area contributed by atoms with E-state index in [2.05, 4.69) is 37.0 Å². The predicted octanol–water partition coefficient (Wildman–Crippen LogP) is 2.92. The van der Waals surface area contributed by atoms with Crippen LogP contribution in [0.15, 0.2) is 24.3 Å². The third-order valence-corrected chi connectivity index (χ3v) is 4.38. The number of hydrogen-bond acceptors (Lipinski definition) is 3. The first-order valence-corrected chi connectivity index (χ1v) is 6.07. The van der Waals surface area contributed by atoms with Crippen molar-refractivity contribution in [3.8, 4) is 0 Å². The molecule has 0 saturated heterocycles. The molecule has 1 heterocycles. The Kier molecular flexibility index (Phi) is 2.76. The molecule has 15 heavy (non-hydrogen) atoms. The zero-order valence-corrected chi connectivity index (χ0v) is 9.97. The lowest BCUT2D eigenvalue weighted by atomic mass is 9.89. The summed E-state index contributed by atoms with van der Waals surface area (Å²) in [6, 6.07) is 8.25. The van der Waals surface area contributed by atoms with Crippen LogP contribution in [-0.2, 0) is 5.41 Å². The van der Waals surface area contributed by atoms with Crippen molar-refractivity contribution in [2.24, 2.45) is 5.73 Å². The fourth-order valence-electron chi connectivity index (χ4n) is 1.51. The molecule has 2 rings (SSSR count). The molecule has 0 bridgehead atoms. The van der Waals surface area contributed by atoms with Crippen molar-refractivity contribution in [1.82, 2.24) is 4.98 Å². The van der Waals surface area contributed by atoms with E-state index in [1.165, 1.54) is 4.70 Å². The van der Waals surface area contributed by atoms with E-state index < -0.39 is 0 Å². The van der Waals surface area contributed by atoms with Crippen molar-refractivity contribution in [3.63, 3.8) is 0 Å². The lowest BCUT2D eigenvalue weighted by Gasteiger charge is -2.23. The van der Waals surface area contributed by atoms with E-state index in [-0.39, 0.29) is 5.41 Å². The van der Waals surface area contributed by atoms with Crippen LogP contribution in [-0.4, -0.2) is 11.5 Å².